The Balaban J connectivity index is 3.20. The van der Waals surface area contributed by atoms with Gasteiger partial charge in [-0.3, -0.25) is 4.68 Å². The van der Waals surface area contributed by atoms with E-state index in [9.17, 15) is 8.42 Å². The molecule has 0 aromatic carbocycles. The first kappa shape index (κ1) is 14.5. The van der Waals surface area contributed by atoms with Gasteiger partial charge in [-0.15, -0.1) is 13.2 Å². The molecule has 0 aliphatic carbocycles. The Labute approximate surface area is 107 Å². The molecule has 1 aromatic heterocycles. The van der Waals surface area contributed by atoms with Gasteiger partial charge in [-0.2, -0.15) is 9.40 Å². The second kappa shape index (κ2) is 5.83. The fraction of sp³-hybridized carbons (Fsp3) is 0.364. The average Bonchev–Trinajstić information content (AvgIpc) is 2.71. The van der Waals surface area contributed by atoms with Gasteiger partial charge in [-0.1, -0.05) is 12.2 Å². The van der Waals surface area contributed by atoms with Crippen LogP contribution in [0.2, 0.25) is 0 Å². The number of nitrogens with zero attached hydrogens (tertiary/aromatic N) is 3. The first-order chi connectivity index (χ1) is 8.47. The van der Waals surface area contributed by atoms with Gasteiger partial charge in [0.1, 0.15) is 4.90 Å². The van der Waals surface area contributed by atoms with Crippen molar-refractivity contribution < 1.29 is 8.42 Å². The summed E-state index contributed by atoms with van der Waals surface area (Å²) in [5.74, 6) is 0.00924. The summed E-state index contributed by atoms with van der Waals surface area (Å²) in [5.41, 5.74) is 5.64. The highest BCUT2D eigenvalue weighted by molar-refractivity contribution is 7.89. The number of nitrogen functional groups attached to an aromatic ring is 1. The summed E-state index contributed by atoms with van der Waals surface area (Å²) in [5, 5.41) is 3.94. The molecule has 2 N–H and O–H groups in total. The number of hydrogen-bond acceptors (Lipinski definition) is 4. The molecule has 0 unspecified atom stereocenters. The standard InChI is InChI=1S/C11H18N4O2S/c1-4-7-15(8-5-2)18(16,17)10-9-14(6-3)13-11(10)12/h4-5,9H,1-2,6-8H2,3H3,(H2,12,13). The normalized spacial score (nSPS) is 11.7. The van der Waals surface area contributed by atoms with Crippen molar-refractivity contribution in [3.05, 3.63) is 31.5 Å². The van der Waals surface area contributed by atoms with E-state index in [1.165, 1.54) is 27.3 Å². The molecular formula is C11H18N4O2S. The summed E-state index contributed by atoms with van der Waals surface area (Å²) in [4.78, 5) is 0.0213. The van der Waals surface area contributed by atoms with E-state index in [4.69, 9.17) is 5.73 Å². The first-order valence-corrected chi connectivity index (χ1v) is 6.96. The van der Waals surface area contributed by atoms with Crippen LogP contribution >= 0.6 is 0 Å². The third-order valence-corrected chi connectivity index (χ3v) is 4.21. The van der Waals surface area contributed by atoms with Crippen molar-refractivity contribution in [2.75, 3.05) is 18.8 Å². The summed E-state index contributed by atoms with van der Waals surface area (Å²) in [7, 11) is -3.66. The van der Waals surface area contributed by atoms with Gasteiger partial charge in [0.05, 0.1) is 0 Å². The predicted octanol–water partition coefficient (Wildman–Crippen LogP) is 0.848. The number of aryl methyl sites for hydroxylation is 1. The molecule has 0 radical (unpaired) electrons. The molecule has 0 aliphatic heterocycles. The van der Waals surface area contributed by atoms with Crippen molar-refractivity contribution in [3.63, 3.8) is 0 Å². The van der Waals surface area contributed by atoms with Gasteiger partial charge in [0.15, 0.2) is 5.82 Å². The highest BCUT2D eigenvalue weighted by Crippen LogP contribution is 2.21. The molecular weight excluding hydrogens is 252 g/mol. The fourth-order valence-electron chi connectivity index (χ4n) is 1.48. The predicted molar refractivity (Wildman–Crippen MR) is 71.5 cm³/mol. The molecule has 0 fully saturated rings. The lowest BCUT2D eigenvalue weighted by atomic mass is 10.5. The topological polar surface area (TPSA) is 81.2 Å². The van der Waals surface area contributed by atoms with Gasteiger partial charge in [-0.25, -0.2) is 8.42 Å². The van der Waals surface area contributed by atoms with E-state index >= 15 is 0 Å². The van der Waals surface area contributed by atoms with Crippen molar-refractivity contribution in [1.82, 2.24) is 14.1 Å². The Kier molecular flexibility index (Phi) is 4.69. The van der Waals surface area contributed by atoms with Crippen molar-refractivity contribution in [2.24, 2.45) is 0 Å². The number of hydrogen-bond donors (Lipinski definition) is 1. The number of rotatable bonds is 7. The van der Waals surface area contributed by atoms with Crippen molar-refractivity contribution >= 4 is 15.8 Å². The molecule has 0 atom stereocenters. The molecule has 7 heteroatoms. The Morgan fingerprint density at radius 3 is 2.39 bits per heavy atom. The Morgan fingerprint density at radius 1 is 1.44 bits per heavy atom. The first-order valence-electron chi connectivity index (χ1n) is 5.52. The lowest BCUT2D eigenvalue weighted by Crippen LogP contribution is -2.31. The number of nitrogens with two attached hydrogens (primary N) is 1. The van der Waals surface area contributed by atoms with Gasteiger partial charge >= 0.3 is 0 Å². The maximum atomic E-state index is 12.4. The van der Waals surface area contributed by atoms with Crippen LogP contribution in [0.25, 0.3) is 0 Å². The van der Waals surface area contributed by atoms with Crippen molar-refractivity contribution in [1.29, 1.82) is 0 Å². The second-order valence-electron chi connectivity index (χ2n) is 3.63. The van der Waals surface area contributed by atoms with E-state index in [1.54, 1.807) is 0 Å². The summed E-state index contributed by atoms with van der Waals surface area (Å²) >= 11 is 0. The van der Waals surface area contributed by atoms with Gasteiger partial charge in [0, 0.05) is 25.8 Å². The summed E-state index contributed by atoms with van der Waals surface area (Å²) in [6, 6.07) is 0. The van der Waals surface area contributed by atoms with Crippen LogP contribution in [0.4, 0.5) is 5.82 Å². The monoisotopic (exact) mass is 270 g/mol. The maximum absolute atomic E-state index is 12.4. The number of sulfonamides is 1. The summed E-state index contributed by atoms with van der Waals surface area (Å²) in [6.45, 7) is 9.89. The van der Waals surface area contributed by atoms with Crippen LogP contribution < -0.4 is 5.73 Å². The van der Waals surface area contributed by atoms with Crippen LogP contribution in [0.15, 0.2) is 36.4 Å². The minimum absolute atomic E-state index is 0.00924. The minimum atomic E-state index is -3.66. The fourth-order valence-corrected chi connectivity index (χ4v) is 2.92. The molecule has 0 amide bonds. The van der Waals surface area contributed by atoms with E-state index < -0.39 is 10.0 Å². The van der Waals surface area contributed by atoms with Crippen LogP contribution in [0.3, 0.4) is 0 Å². The largest absolute Gasteiger partial charge is 0.381 e. The Bertz CT molecular complexity index is 523. The van der Waals surface area contributed by atoms with E-state index in [2.05, 4.69) is 18.3 Å². The van der Waals surface area contributed by atoms with Crippen molar-refractivity contribution in [2.45, 2.75) is 18.4 Å². The molecule has 1 aromatic rings. The third kappa shape index (κ3) is 2.80. The molecule has 6 nitrogen and oxygen atoms in total. The summed E-state index contributed by atoms with van der Waals surface area (Å²) in [6.07, 6.45) is 4.47. The Hall–Kier alpha value is -1.60. The zero-order valence-corrected chi connectivity index (χ0v) is 11.2. The smallest absolute Gasteiger partial charge is 0.248 e. The Morgan fingerprint density at radius 2 is 2.00 bits per heavy atom. The SMILES string of the molecule is C=CCN(CC=C)S(=O)(=O)c1cn(CC)nc1N. The minimum Gasteiger partial charge on any atom is -0.381 e. The highest BCUT2D eigenvalue weighted by Gasteiger charge is 2.27. The van der Waals surface area contributed by atoms with Gasteiger partial charge < -0.3 is 5.73 Å². The molecule has 1 rings (SSSR count). The van der Waals surface area contributed by atoms with Gasteiger partial charge in [-0.05, 0) is 6.92 Å². The van der Waals surface area contributed by atoms with Crippen LogP contribution in [-0.2, 0) is 16.6 Å². The maximum Gasteiger partial charge on any atom is 0.248 e. The van der Waals surface area contributed by atoms with Gasteiger partial charge in [0.25, 0.3) is 0 Å². The third-order valence-electron chi connectivity index (χ3n) is 2.36. The number of anilines is 1. The lowest BCUT2D eigenvalue weighted by molar-refractivity contribution is 0.474. The molecule has 0 saturated heterocycles. The molecule has 0 spiro atoms. The molecule has 100 valence electrons. The second-order valence-corrected chi connectivity index (χ2v) is 5.54. The molecule has 0 bridgehead atoms. The highest BCUT2D eigenvalue weighted by atomic mass is 32.2. The van der Waals surface area contributed by atoms with E-state index in [0.29, 0.717) is 6.54 Å². The van der Waals surface area contributed by atoms with Crippen LogP contribution in [0, 0.1) is 0 Å². The molecule has 0 saturated carbocycles. The van der Waals surface area contributed by atoms with E-state index in [0.717, 1.165) is 0 Å². The van der Waals surface area contributed by atoms with Gasteiger partial charge in [0.2, 0.25) is 10.0 Å². The molecule has 0 aliphatic rings. The van der Waals surface area contributed by atoms with Crippen LogP contribution in [0.5, 0.6) is 0 Å². The zero-order chi connectivity index (χ0) is 13.8. The molecule has 1 heterocycles. The van der Waals surface area contributed by atoms with Crippen LogP contribution in [-0.4, -0.2) is 35.6 Å². The van der Waals surface area contributed by atoms with E-state index in [-0.39, 0.29) is 23.8 Å². The lowest BCUT2D eigenvalue weighted by Gasteiger charge is -2.17. The number of aromatic nitrogens is 2. The summed E-state index contributed by atoms with van der Waals surface area (Å²) < 4.78 is 27.4. The molecule has 18 heavy (non-hydrogen) atoms. The zero-order valence-electron chi connectivity index (χ0n) is 10.4. The quantitative estimate of drug-likeness (QED) is 0.745. The average molecular weight is 270 g/mol. The van der Waals surface area contributed by atoms with E-state index in [1.807, 2.05) is 6.92 Å². The van der Waals surface area contributed by atoms with Crippen molar-refractivity contribution in [3.8, 4) is 0 Å². The van der Waals surface area contributed by atoms with Crippen LogP contribution in [0.1, 0.15) is 6.92 Å².